The van der Waals surface area contributed by atoms with E-state index in [1.165, 1.54) is 13.2 Å². The molecular weight excluding hydrogens is 247 g/mol. The first-order chi connectivity index (χ1) is 8.39. The quantitative estimate of drug-likeness (QED) is 0.437. The zero-order valence-corrected chi connectivity index (χ0v) is 10.4. The molecule has 0 rings (SSSR count). The van der Waals surface area contributed by atoms with Crippen LogP contribution in [0.15, 0.2) is 36.1 Å². The van der Waals surface area contributed by atoms with Crippen molar-refractivity contribution >= 4 is 0 Å². The fourth-order valence-corrected chi connectivity index (χ4v) is 1.07. The molecule has 0 aromatic rings. The maximum Gasteiger partial charge on any atom is 0.409 e. The zero-order valence-electron chi connectivity index (χ0n) is 10.4. The predicted molar refractivity (Wildman–Crippen MR) is 63.9 cm³/mol. The van der Waals surface area contributed by atoms with Crippen LogP contribution in [0.4, 0.5) is 13.2 Å². The summed E-state index contributed by atoms with van der Waals surface area (Å²) in [6.07, 6.45) is 0.498. The molecule has 0 saturated carbocycles. The number of nitrogens with two attached hydrogens (primary N) is 1. The molecule has 2 N–H and O–H groups in total. The molecule has 0 aromatic carbocycles. The third-order valence-corrected chi connectivity index (χ3v) is 1.79. The van der Waals surface area contributed by atoms with Crippen molar-refractivity contribution < 1.29 is 22.6 Å². The lowest BCUT2D eigenvalue weighted by atomic mass is 10.2. The molecule has 0 saturated heterocycles. The van der Waals surface area contributed by atoms with Crippen molar-refractivity contribution in [1.29, 1.82) is 0 Å². The second-order valence-electron chi connectivity index (χ2n) is 3.40. The van der Waals surface area contributed by atoms with Gasteiger partial charge in [0.2, 0.25) is 0 Å². The molecule has 1 atom stereocenters. The molecule has 0 aliphatic heterocycles. The molecule has 6 heteroatoms. The summed E-state index contributed by atoms with van der Waals surface area (Å²) in [5.41, 5.74) is 5.92. The highest BCUT2D eigenvalue weighted by Crippen LogP contribution is 2.17. The van der Waals surface area contributed by atoms with Gasteiger partial charge in [0.25, 0.3) is 0 Å². The van der Waals surface area contributed by atoms with E-state index < -0.39 is 12.3 Å². The molecule has 1 unspecified atom stereocenters. The third-order valence-electron chi connectivity index (χ3n) is 1.79. The molecule has 3 nitrogen and oxygen atoms in total. The van der Waals surface area contributed by atoms with Crippen molar-refractivity contribution in [1.82, 2.24) is 0 Å². The van der Waals surface area contributed by atoms with Gasteiger partial charge >= 0.3 is 6.18 Å². The van der Waals surface area contributed by atoms with Gasteiger partial charge in [0.15, 0.2) is 0 Å². The summed E-state index contributed by atoms with van der Waals surface area (Å²) >= 11 is 0. The summed E-state index contributed by atoms with van der Waals surface area (Å²) in [7, 11) is 1.48. The smallest absolute Gasteiger partial charge is 0.399 e. The van der Waals surface area contributed by atoms with E-state index in [2.05, 4.69) is 0 Å². The monoisotopic (exact) mass is 265 g/mol. The Morgan fingerprint density at radius 3 is 2.50 bits per heavy atom. The molecular formula is C12H18F3NO2. The van der Waals surface area contributed by atoms with Gasteiger partial charge in [0.05, 0.1) is 19.3 Å². The van der Waals surface area contributed by atoms with Crippen molar-refractivity contribution in [2.75, 3.05) is 20.3 Å². The van der Waals surface area contributed by atoms with E-state index >= 15 is 0 Å². The first-order valence-corrected chi connectivity index (χ1v) is 5.35. The van der Waals surface area contributed by atoms with Gasteiger partial charge in [-0.05, 0) is 25.2 Å². The molecule has 0 fully saturated rings. The summed E-state index contributed by atoms with van der Waals surface area (Å²) in [4.78, 5) is 0. The van der Waals surface area contributed by atoms with Gasteiger partial charge in [0.1, 0.15) is 0 Å². The number of allylic oxidation sites excluding steroid dienone is 3. The van der Waals surface area contributed by atoms with Crippen LogP contribution in [0, 0.1) is 0 Å². The largest absolute Gasteiger partial charge is 0.409 e. The lowest BCUT2D eigenvalue weighted by molar-refractivity contribution is -0.0807. The topological polar surface area (TPSA) is 44.5 Å². The summed E-state index contributed by atoms with van der Waals surface area (Å²) in [5, 5.41) is 0. The Balaban J connectivity index is 4.61. The summed E-state index contributed by atoms with van der Waals surface area (Å²) in [6.45, 7) is 2.24. The minimum absolute atomic E-state index is 0.129. The van der Waals surface area contributed by atoms with Crippen LogP contribution >= 0.6 is 0 Å². The Kier molecular flexibility index (Phi) is 8.15. The highest BCUT2D eigenvalue weighted by molar-refractivity contribution is 5.19. The Morgan fingerprint density at radius 1 is 1.33 bits per heavy atom. The maximum absolute atomic E-state index is 12.1. The normalized spacial score (nSPS) is 15.7. The number of hydrogen-bond donors (Lipinski definition) is 1. The second kappa shape index (κ2) is 8.77. The lowest BCUT2D eigenvalue weighted by Crippen LogP contribution is -2.14. The SMILES string of the molecule is C/C=C\C(N)=C/C(C=CC(F)(F)F)OCCOC. The molecule has 104 valence electrons. The van der Waals surface area contributed by atoms with E-state index in [4.69, 9.17) is 15.2 Å². The van der Waals surface area contributed by atoms with Gasteiger partial charge in [-0.15, -0.1) is 0 Å². The van der Waals surface area contributed by atoms with E-state index in [9.17, 15) is 13.2 Å². The molecule has 0 amide bonds. The average molecular weight is 265 g/mol. The van der Waals surface area contributed by atoms with Gasteiger partial charge in [-0.2, -0.15) is 13.2 Å². The highest BCUT2D eigenvalue weighted by Gasteiger charge is 2.22. The molecule has 0 heterocycles. The first kappa shape index (κ1) is 16.7. The predicted octanol–water partition coefficient (Wildman–Crippen LogP) is 2.56. The Morgan fingerprint density at radius 2 is 2.00 bits per heavy atom. The van der Waals surface area contributed by atoms with Gasteiger partial charge in [-0.25, -0.2) is 0 Å². The standard InChI is InChI=1S/C12H18F3NO2/c1-3-4-10(16)9-11(18-8-7-17-2)5-6-12(13,14)15/h3-6,9,11H,7-8,16H2,1-2H3/b4-3-,6-5?,10-9+. The number of methoxy groups -OCH3 is 1. The Bertz CT molecular complexity index is 309. The van der Waals surface area contributed by atoms with Crippen molar-refractivity contribution in [3.8, 4) is 0 Å². The van der Waals surface area contributed by atoms with Gasteiger partial charge in [0, 0.05) is 18.9 Å². The number of hydrogen-bond acceptors (Lipinski definition) is 3. The molecule has 0 spiro atoms. The molecule has 0 aromatic heterocycles. The molecule has 0 aliphatic rings. The minimum Gasteiger partial charge on any atom is -0.399 e. The second-order valence-corrected chi connectivity index (χ2v) is 3.40. The average Bonchev–Trinajstić information content (AvgIpc) is 2.25. The summed E-state index contributed by atoms with van der Waals surface area (Å²) in [5.74, 6) is 0. The fourth-order valence-electron chi connectivity index (χ4n) is 1.07. The number of halogens is 3. The van der Waals surface area contributed by atoms with E-state index in [1.54, 1.807) is 19.1 Å². The Hall–Kier alpha value is -1.27. The molecule has 18 heavy (non-hydrogen) atoms. The van der Waals surface area contributed by atoms with Crippen LogP contribution in [-0.2, 0) is 9.47 Å². The summed E-state index contributed by atoms with van der Waals surface area (Å²) in [6, 6.07) is 0. The van der Waals surface area contributed by atoms with Crippen LogP contribution in [0.25, 0.3) is 0 Å². The molecule has 0 bridgehead atoms. The van der Waals surface area contributed by atoms with E-state index in [0.29, 0.717) is 12.3 Å². The minimum atomic E-state index is -4.37. The van der Waals surface area contributed by atoms with Crippen molar-refractivity contribution in [2.45, 2.75) is 19.2 Å². The van der Waals surface area contributed by atoms with Crippen LogP contribution in [0.1, 0.15) is 6.92 Å². The maximum atomic E-state index is 12.1. The highest BCUT2D eigenvalue weighted by atomic mass is 19.4. The zero-order chi connectivity index (χ0) is 14.0. The molecule has 0 aliphatic carbocycles. The van der Waals surface area contributed by atoms with Gasteiger partial charge < -0.3 is 15.2 Å². The van der Waals surface area contributed by atoms with Gasteiger partial charge in [-0.1, -0.05) is 6.08 Å². The van der Waals surface area contributed by atoms with Crippen molar-refractivity contribution in [3.63, 3.8) is 0 Å². The van der Waals surface area contributed by atoms with Crippen LogP contribution in [0.2, 0.25) is 0 Å². The van der Waals surface area contributed by atoms with Crippen LogP contribution in [-0.4, -0.2) is 32.6 Å². The fraction of sp³-hybridized carbons (Fsp3) is 0.500. The van der Waals surface area contributed by atoms with E-state index in [1.807, 2.05) is 0 Å². The Labute approximate surface area is 105 Å². The van der Waals surface area contributed by atoms with Crippen LogP contribution in [0.5, 0.6) is 0 Å². The third kappa shape index (κ3) is 9.92. The first-order valence-electron chi connectivity index (χ1n) is 5.35. The number of rotatable bonds is 7. The number of ether oxygens (including phenoxy) is 2. The van der Waals surface area contributed by atoms with Crippen molar-refractivity contribution in [2.24, 2.45) is 5.73 Å². The van der Waals surface area contributed by atoms with Crippen LogP contribution in [0.3, 0.4) is 0 Å². The number of alkyl halides is 3. The summed E-state index contributed by atoms with van der Waals surface area (Å²) < 4.78 is 46.1. The van der Waals surface area contributed by atoms with Crippen molar-refractivity contribution in [3.05, 3.63) is 36.1 Å². The van der Waals surface area contributed by atoms with Gasteiger partial charge in [-0.3, -0.25) is 0 Å². The lowest BCUT2D eigenvalue weighted by Gasteiger charge is -2.11. The van der Waals surface area contributed by atoms with E-state index in [-0.39, 0.29) is 12.7 Å². The molecule has 0 radical (unpaired) electrons. The van der Waals surface area contributed by atoms with Crippen LogP contribution < -0.4 is 5.73 Å². The van der Waals surface area contributed by atoms with E-state index in [0.717, 1.165) is 6.08 Å².